The molecule has 22 nitrogen and oxygen atoms in total. The summed E-state index contributed by atoms with van der Waals surface area (Å²) in [5.74, 6) is -1.10. The summed E-state index contributed by atoms with van der Waals surface area (Å²) in [5, 5.41) is 119. The molecule has 76 heavy (non-hydrogen) atoms. The smallest absolute Gasteiger partial charge is 0.315 e. The molecule has 11 N–H and O–H groups in total. The Morgan fingerprint density at radius 2 is 1.33 bits per heavy atom. The third kappa shape index (κ3) is 9.75. The van der Waals surface area contributed by atoms with Crippen molar-refractivity contribution in [1.82, 2.24) is 0 Å². The predicted octanol–water partition coefficient (Wildman–Crippen LogP) is -0.268. The second kappa shape index (κ2) is 21.5. The minimum Gasteiger partial charge on any atom is -0.463 e. The molecule has 0 amide bonds. The maximum Gasteiger partial charge on any atom is 0.315 e. The Morgan fingerprint density at radius 1 is 0.671 bits per heavy atom. The van der Waals surface area contributed by atoms with Crippen molar-refractivity contribution in [1.29, 1.82) is 0 Å². The Kier molecular flexibility index (Phi) is 16.5. The van der Waals surface area contributed by atoms with Gasteiger partial charge in [-0.05, 0) is 105 Å². The van der Waals surface area contributed by atoms with Gasteiger partial charge in [-0.15, -0.1) is 0 Å². The van der Waals surface area contributed by atoms with Gasteiger partial charge in [0, 0.05) is 12.8 Å². The molecule has 4 saturated heterocycles. The average molecular weight is 1090 g/mol. The molecule has 0 aromatic rings. The summed E-state index contributed by atoms with van der Waals surface area (Å²) in [4.78, 5) is 26.9. The molecule has 0 spiro atoms. The summed E-state index contributed by atoms with van der Waals surface area (Å²) in [6.07, 6.45) is -20.8. The molecule has 0 bridgehead atoms. The van der Waals surface area contributed by atoms with Gasteiger partial charge in [0.1, 0.15) is 92.1 Å². The van der Waals surface area contributed by atoms with Crippen molar-refractivity contribution in [3.63, 3.8) is 0 Å². The molecular weight excluding hydrogens is 1000 g/mol. The van der Waals surface area contributed by atoms with E-state index in [1.54, 1.807) is 0 Å². The van der Waals surface area contributed by atoms with Crippen LogP contribution < -0.4 is 0 Å². The summed E-state index contributed by atoms with van der Waals surface area (Å²) < 4.78 is 52.5. The largest absolute Gasteiger partial charge is 0.463 e. The number of carbonyl (C=O) groups is 2. The van der Waals surface area contributed by atoms with E-state index >= 15 is 4.79 Å². The highest BCUT2D eigenvalue weighted by Gasteiger charge is 2.70. The molecule has 0 unspecified atom stereocenters. The lowest BCUT2D eigenvalue weighted by molar-refractivity contribution is -0.361. The highest BCUT2D eigenvalue weighted by Crippen LogP contribution is 2.75. The zero-order valence-corrected chi connectivity index (χ0v) is 44.7. The van der Waals surface area contributed by atoms with Crippen LogP contribution in [0.15, 0.2) is 23.8 Å². The van der Waals surface area contributed by atoms with E-state index in [9.17, 15) is 61.0 Å². The number of hydrogen-bond donors (Lipinski definition) is 11. The van der Waals surface area contributed by atoms with Crippen LogP contribution in [0.5, 0.6) is 0 Å². The number of aliphatic hydroxyl groups is 11. The van der Waals surface area contributed by atoms with E-state index < -0.39 is 147 Å². The van der Waals surface area contributed by atoms with Gasteiger partial charge >= 0.3 is 11.9 Å². The standard InChI is InChI=1S/C54H84O22/c1-23-11-16-54(18-17-52(7)26(27(54)19-23)9-10-32-51(6)14-13-33(50(4,5)31(51)12-15-53(32,52)8)74-46-40(63)35(58)28(56)20-69-46)49(67)76-48-42(65)38(61)36(59)29(72-48)21-70-45-43(66)39(62)44(30(73-45)22-68-25(3)55)75-47-41(64)37(60)34(57)24(2)71-47/h9,24,27-48,56-66H,1,10-22H2,2-8H3/t24-,27-,28-,29+,30+,31-,32+,33-,34-,35-,36-,37+,38-,39-,40+,41+,42+,43+,44-,45+,46-,47-,48-,51-,52+,53+,54-/m0/s1. The molecule has 4 saturated carbocycles. The van der Waals surface area contributed by atoms with Crippen molar-refractivity contribution in [3.8, 4) is 0 Å². The van der Waals surface area contributed by atoms with Crippen LogP contribution in [0.1, 0.15) is 113 Å². The first kappa shape index (κ1) is 58.4. The van der Waals surface area contributed by atoms with E-state index in [1.165, 1.54) is 12.5 Å². The Labute approximate surface area is 443 Å². The average Bonchev–Trinajstić information content (AvgIpc) is 3.56. The van der Waals surface area contributed by atoms with E-state index in [4.69, 9.17) is 42.6 Å². The van der Waals surface area contributed by atoms with Gasteiger partial charge in [-0.2, -0.15) is 0 Å². The van der Waals surface area contributed by atoms with Crippen LogP contribution in [0.2, 0.25) is 0 Å². The number of ether oxygens (including phenoxy) is 9. The number of esters is 2. The van der Waals surface area contributed by atoms with Crippen LogP contribution in [0.25, 0.3) is 0 Å². The van der Waals surface area contributed by atoms with Crippen LogP contribution >= 0.6 is 0 Å². The van der Waals surface area contributed by atoms with Crippen molar-refractivity contribution in [2.75, 3.05) is 19.8 Å². The van der Waals surface area contributed by atoms with Crippen LogP contribution in [0.3, 0.4) is 0 Å². The molecule has 22 heteroatoms. The first-order valence-electron chi connectivity index (χ1n) is 27.3. The van der Waals surface area contributed by atoms with Crippen molar-refractivity contribution in [2.45, 2.75) is 235 Å². The quantitative estimate of drug-likeness (QED) is 0.0721. The topological polar surface area (TPSA) is 340 Å². The van der Waals surface area contributed by atoms with Crippen molar-refractivity contribution in [2.24, 2.45) is 44.8 Å². The second-order valence-corrected chi connectivity index (χ2v) is 25.1. The third-order valence-corrected chi connectivity index (χ3v) is 20.7. The number of aliphatic hydroxyl groups excluding tert-OH is 11. The molecule has 4 aliphatic heterocycles. The van der Waals surface area contributed by atoms with Crippen LogP contribution in [-0.2, 0) is 52.2 Å². The fourth-order valence-electron chi connectivity index (χ4n) is 15.9. The first-order valence-corrected chi connectivity index (χ1v) is 27.3. The van der Waals surface area contributed by atoms with Gasteiger partial charge < -0.3 is 98.8 Å². The molecule has 0 aromatic heterocycles. The Hall–Kier alpha value is -2.30. The normalized spacial score (nSPS) is 52.2. The van der Waals surface area contributed by atoms with Crippen LogP contribution in [-0.4, -0.2) is 211 Å². The SMILES string of the molecule is C=C1CC[C@]2(C(=O)O[C@@H]3O[C@H](CO[C@@H]4O[C@H](COC(C)=O)[C@H](O[C@@H]5O[C@@H](C)[C@H](O)[C@@H](O)[C@H]5O)[C@@H](O)[C@H]4O)[C@H](O)[C@H](O)[C@H]3O)CC[C@]3(C)C(=CC[C@@H]4[C@@]5(C)CC[C@H](O[C@@H]6OC[C@H](O)[C@H](O)[C@H]6O)C(C)(C)[C@@H]5CC[C@]43C)[C@@H]2C1. The van der Waals surface area contributed by atoms with E-state index in [2.05, 4.69) is 47.3 Å². The monoisotopic (exact) mass is 1080 g/mol. The van der Waals surface area contributed by atoms with Gasteiger partial charge in [-0.25, -0.2) is 0 Å². The van der Waals surface area contributed by atoms with Gasteiger partial charge in [-0.1, -0.05) is 58.4 Å². The lowest BCUT2D eigenvalue weighted by Crippen LogP contribution is -2.66. The molecule has 9 aliphatic rings. The lowest BCUT2D eigenvalue weighted by Gasteiger charge is -2.71. The number of rotatable bonds is 11. The molecule has 4 heterocycles. The van der Waals surface area contributed by atoms with Gasteiger partial charge in [0.25, 0.3) is 0 Å². The van der Waals surface area contributed by atoms with Crippen LogP contribution in [0.4, 0.5) is 0 Å². The van der Waals surface area contributed by atoms with E-state index in [0.29, 0.717) is 38.5 Å². The predicted molar refractivity (Wildman–Crippen MR) is 260 cm³/mol. The summed E-state index contributed by atoms with van der Waals surface area (Å²) >= 11 is 0. The number of allylic oxidation sites excluding steroid dienone is 3. The third-order valence-electron chi connectivity index (χ3n) is 20.7. The fourth-order valence-corrected chi connectivity index (χ4v) is 15.9. The molecular formula is C54H84O22. The summed E-state index contributed by atoms with van der Waals surface area (Å²) in [5.41, 5.74) is 0.268. The number of fused-ring (bicyclic) bond motifs is 7. The van der Waals surface area contributed by atoms with Gasteiger partial charge in [0.15, 0.2) is 18.9 Å². The van der Waals surface area contributed by atoms with Gasteiger partial charge in [0.2, 0.25) is 6.29 Å². The summed E-state index contributed by atoms with van der Waals surface area (Å²) in [6.45, 7) is 17.3. The highest BCUT2D eigenvalue weighted by molar-refractivity contribution is 5.79. The van der Waals surface area contributed by atoms with E-state index in [0.717, 1.165) is 38.2 Å². The van der Waals surface area contributed by atoms with Crippen molar-refractivity contribution in [3.05, 3.63) is 23.8 Å². The molecule has 27 atom stereocenters. The lowest BCUT2D eigenvalue weighted by atomic mass is 9.34. The molecule has 432 valence electrons. The van der Waals surface area contributed by atoms with E-state index in [-0.39, 0.29) is 52.1 Å². The maximum atomic E-state index is 15.0. The van der Waals surface area contributed by atoms with Crippen LogP contribution in [0, 0.1) is 44.8 Å². The molecule has 0 aromatic carbocycles. The Morgan fingerprint density at radius 3 is 2.04 bits per heavy atom. The highest BCUT2D eigenvalue weighted by atomic mass is 16.8. The maximum absolute atomic E-state index is 15.0. The van der Waals surface area contributed by atoms with Gasteiger partial charge in [-0.3, -0.25) is 9.59 Å². The zero-order chi connectivity index (χ0) is 55.4. The number of carbonyl (C=O) groups excluding carboxylic acids is 2. The minimum absolute atomic E-state index is 0.0962. The zero-order valence-electron chi connectivity index (χ0n) is 44.7. The second-order valence-electron chi connectivity index (χ2n) is 25.1. The van der Waals surface area contributed by atoms with E-state index in [1.807, 2.05) is 0 Å². The molecule has 5 aliphatic carbocycles. The van der Waals surface area contributed by atoms with Gasteiger partial charge in [0.05, 0.1) is 30.8 Å². The Bertz CT molecular complexity index is 2160. The Balaban J connectivity index is 0.888. The first-order chi connectivity index (χ1) is 35.6. The minimum atomic E-state index is -1.90. The fraction of sp³-hybridized carbons (Fsp3) is 0.889. The van der Waals surface area contributed by atoms with Crippen molar-refractivity contribution >= 4 is 11.9 Å². The summed E-state index contributed by atoms with van der Waals surface area (Å²) in [6, 6.07) is 0. The number of hydrogen-bond acceptors (Lipinski definition) is 22. The molecule has 9 rings (SSSR count). The van der Waals surface area contributed by atoms with Crippen molar-refractivity contribution < 1.29 is 108 Å². The molecule has 0 radical (unpaired) electrons. The molecule has 8 fully saturated rings. The summed E-state index contributed by atoms with van der Waals surface area (Å²) in [7, 11) is 0.